The fraction of sp³-hybridized carbons (Fsp3) is 0.900. The van der Waals surface area contributed by atoms with Gasteiger partial charge in [-0.3, -0.25) is 15.0 Å². The topological polar surface area (TPSA) is 127 Å². The molecule has 0 aliphatic carbocycles. The lowest BCUT2D eigenvalue weighted by Gasteiger charge is -2.47. The SMILES string of the molecule is CN1CC2(CCN(C3C(F)CNCC3NC(=O)C3C(N)NN4CC(F)CNC34)CC2)OC1=O. The van der Waals surface area contributed by atoms with Crippen LogP contribution in [0.25, 0.3) is 0 Å². The molecule has 7 unspecified atom stereocenters. The molecule has 11 nitrogen and oxygen atoms in total. The van der Waals surface area contributed by atoms with E-state index in [1.54, 1.807) is 17.0 Å². The molecule has 7 atom stereocenters. The molecule has 0 aromatic rings. The number of piperidine rings is 2. The number of likely N-dealkylation sites (N-methyl/N-ethyl adjacent to an activating group) is 1. The summed E-state index contributed by atoms with van der Waals surface area (Å²) >= 11 is 0. The van der Waals surface area contributed by atoms with Crippen LogP contribution in [-0.4, -0.2) is 122 Å². The Kier molecular flexibility index (Phi) is 6.20. The number of ether oxygens (including phenoxy) is 1. The molecule has 186 valence electrons. The number of fused-ring (bicyclic) bond motifs is 1. The normalized spacial score (nSPS) is 41.8. The van der Waals surface area contributed by atoms with Crippen molar-refractivity contribution in [3.8, 4) is 0 Å². The minimum absolute atomic E-state index is 0.157. The molecule has 6 N–H and O–H groups in total. The van der Waals surface area contributed by atoms with Crippen LogP contribution in [0.5, 0.6) is 0 Å². The molecule has 13 heteroatoms. The third-order valence-corrected chi connectivity index (χ3v) is 7.71. The molecule has 5 rings (SSSR count). The molecule has 0 bridgehead atoms. The van der Waals surface area contributed by atoms with Crippen LogP contribution in [0.1, 0.15) is 12.8 Å². The third kappa shape index (κ3) is 4.30. The van der Waals surface area contributed by atoms with Crippen LogP contribution in [0, 0.1) is 5.92 Å². The predicted octanol–water partition coefficient (Wildman–Crippen LogP) is -2.31. The Morgan fingerprint density at radius 2 is 2.00 bits per heavy atom. The summed E-state index contributed by atoms with van der Waals surface area (Å²) in [5.41, 5.74) is 8.63. The highest BCUT2D eigenvalue weighted by atomic mass is 19.1. The molecule has 0 radical (unpaired) electrons. The second kappa shape index (κ2) is 8.86. The fourth-order valence-corrected chi connectivity index (χ4v) is 6.03. The van der Waals surface area contributed by atoms with Crippen molar-refractivity contribution in [1.29, 1.82) is 0 Å². The van der Waals surface area contributed by atoms with Gasteiger partial charge in [-0.05, 0) is 0 Å². The first kappa shape index (κ1) is 23.1. The summed E-state index contributed by atoms with van der Waals surface area (Å²) < 4.78 is 34.5. The van der Waals surface area contributed by atoms with Gasteiger partial charge in [0.15, 0.2) is 0 Å². The Morgan fingerprint density at radius 3 is 2.70 bits per heavy atom. The van der Waals surface area contributed by atoms with E-state index in [0.29, 0.717) is 39.0 Å². The van der Waals surface area contributed by atoms with Gasteiger partial charge in [0.05, 0.1) is 36.9 Å². The summed E-state index contributed by atoms with van der Waals surface area (Å²) in [6.45, 7) is 2.69. The number of hydrogen-bond donors (Lipinski definition) is 5. The van der Waals surface area contributed by atoms with Crippen LogP contribution in [0.3, 0.4) is 0 Å². The van der Waals surface area contributed by atoms with Crippen molar-refractivity contribution >= 4 is 12.0 Å². The number of rotatable bonds is 3. The number of hydrazine groups is 1. The van der Waals surface area contributed by atoms with Crippen LogP contribution in [0.4, 0.5) is 13.6 Å². The maximum atomic E-state index is 15.1. The van der Waals surface area contributed by atoms with Gasteiger partial charge in [-0.25, -0.2) is 24.0 Å². The molecule has 0 aromatic heterocycles. The predicted molar refractivity (Wildman–Crippen MR) is 114 cm³/mol. The second-order valence-electron chi connectivity index (χ2n) is 10.0. The Morgan fingerprint density at radius 1 is 1.24 bits per heavy atom. The maximum absolute atomic E-state index is 15.1. The number of nitrogens with one attached hydrogen (secondary N) is 4. The molecule has 0 saturated carbocycles. The standard InChI is InChI=1S/C20H34F2N8O3/c1-28-10-20(33-19(28)32)2-4-29(5-3-20)15-12(22)7-24-8-13(15)26-18(31)14-16(23)27-30-9-11(21)6-25-17(14)30/h11-17,24-25,27H,2-10,23H2,1H3,(H,26,31). The van der Waals surface area contributed by atoms with Crippen LogP contribution in [0.15, 0.2) is 0 Å². The zero-order chi connectivity index (χ0) is 23.3. The molecule has 5 fully saturated rings. The zero-order valence-electron chi connectivity index (χ0n) is 18.8. The van der Waals surface area contributed by atoms with E-state index in [1.807, 2.05) is 0 Å². The van der Waals surface area contributed by atoms with Crippen LogP contribution >= 0.6 is 0 Å². The van der Waals surface area contributed by atoms with E-state index in [9.17, 15) is 14.0 Å². The monoisotopic (exact) mass is 472 g/mol. The second-order valence-corrected chi connectivity index (χ2v) is 10.0. The Labute approximate surface area is 191 Å². The first-order chi connectivity index (χ1) is 15.8. The first-order valence-electron chi connectivity index (χ1n) is 11.8. The molecule has 5 heterocycles. The van der Waals surface area contributed by atoms with Crippen molar-refractivity contribution in [2.45, 2.75) is 55.2 Å². The number of halogens is 2. The fourth-order valence-electron chi connectivity index (χ4n) is 6.03. The summed E-state index contributed by atoms with van der Waals surface area (Å²) in [6, 6.07) is -0.929. The molecule has 2 amide bonds. The number of carbonyl (C=O) groups excluding carboxylic acids is 2. The van der Waals surface area contributed by atoms with Gasteiger partial charge in [0.2, 0.25) is 5.91 Å². The number of carbonyl (C=O) groups is 2. The summed E-state index contributed by atoms with van der Waals surface area (Å²) in [5, 5.41) is 10.8. The highest BCUT2D eigenvalue weighted by Gasteiger charge is 2.50. The lowest BCUT2D eigenvalue weighted by atomic mass is 9.87. The quantitative estimate of drug-likeness (QED) is 0.308. The van der Waals surface area contributed by atoms with Crippen LogP contribution in [-0.2, 0) is 9.53 Å². The van der Waals surface area contributed by atoms with Crippen molar-refractivity contribution < 1.29 is 23.1 Å². The van der Waals surface area contributed by atoms with Gasteiger partial charge < -0.3 is 26.0 Å². The van der Waals surface area contributed by atoms with E-state index in [4.69, 9.17) is 10.5 Å². The summed E-state index contributed by atoms with van der Waals surface area (Å²) in [5.74, 6) is -0.908. The molecule has 5 aliphatic heterocycles. The Hall–Kier alpha value is -1.64. The van der Waals surface area contributed by atoms with Crippen molar-refractivity contribution in [1.82, 2.24) is 36.2 Å². The first-order valence-corrected chi connectivity index (χ1v) is 11.8. The maximum Gasteiger partial charge on any atom is 0.410 e. The third-order valence-electron chi connectivity index (χ3n) is 7.71. The van der Waals surface area contributed by atoms with Crippen molar-refractivity contribution in [3.63, 3.8) is 0 Å². The summed E-state index contributed by atoms with van der Waals surface area (Å²) in [7, 11) is 1.72. The summed E-state index contributed by atoms with van der Waals surface area (Å²) in [4.78, 5) is 28.8. The van der Waals surface area contributed by atoms with E-state index in [1.165, 1.54) is 0 Å². The average Bonchev–Trinajstić information content (AvgIpc) is 3.23. The van der Waals surface area contributed by atoms with E-state index in [-0.39, 0.29) is 31.6 Å². The summed E-state index contributed by atoms with van der Waals surface area (Å²) in [6.07, 6.45) is -2.32. The lowest BCUT2D eigenvalue weighted by molar-refractivity contribution is -0.129. The largest absolute Gasteiger partial charge is 0.441 e. The van der Waals surface area contributed by atoms with Crippen molar-refractivity contribution in [2.24, 2.45) is 11.7 Å². The molecular formula is C20H34F2N8O3. The van der Waals surface area contributed by atoms with Gasteiger partial charge in [-0.1, -0.05) is 0 Å². The average molecular weight is 473 g/mol. The van der Waals surface area contributed by atoms with Gasteiger partial charge in [0.1, 0.15) is 17.9 Å². The van der Waals surface area contributed by atoms with Gasteiger partial charge >= 0.3 is 6.09 Å². The Balaban J connectivity index is 1.24. The van der Waals surface area contributed by atoms with E-state index < -0.39 is 48.3 Å². The van der Waals surface area contributed by atoms with Gasteiger partial charge in [0.25, 0.3) is 0 Å². The zero-order valence-corrected chi connectivity index (χ0v) is 18.8. The minimum Gasteiger partial charge on any atom is -0.441 e. The number of likely N-dealkylation sites (tertiary alicyclic amines) is 1. The number of nitrogens with zero attached hydrogens (tertiary/aromatic N) is 3. The van der Waals surface area contributed by atoms with Crippen LogP contribution < -0.4 is 27.1 Å². The van der Waals surface area contributed by atoms with Gasteiger partial charge in [-0.2, -0.15) is 0 Å². The highest BCUT2D eigenvalue weighted by Crippen LogP contribution is 2.34. The molecule has 5 aliphatic rings. The highest BCUT2D eigenvalue weighted by molar-refractivity contribution is 5.81. The number of nitrogens with two attached hydrogens (primary N) is 1. The van der Waals surface area contributed by atoms with E-state index in [0.717, 1.165) is 0 Å². The molecule has 5 saturated heterocycles. The molecule has 1 spiro atoms. The van der Waals surface area contributed by atoms with Crippen molar-refractivity contribution in [2.75, 3.05) is 52.9 Å². The molecule has 0 aromatic carbocycles. The molecular weight excluding hydrogens is 438 g/mol. The molecule has 33 heavy (non-hydrogen) atoms. The van der Waals surface area contributed by atoms with Gasteiger partial charge in [-0.15, -0.1) is 0 Å². The van der Waals surface area contributed by atoms with Crippen molar-refractivity contribution in [3.05, 3.63) is 0 Å². The van der Waals surface area contributed by atoms with E-state index in [2.05, 4.69) is 26.3 Å². The lowest BCUT2D eigenvalue weighted by Crippen LogP contribution is -2.68. The van der Waals surface area contributed by atoms with Crippen LogP contribution in [0.2, 0.25) is 0 Å². The Bertz CT molecular complexity index is 770. The van der Waals surface area contributed by atoms with E-state index >= 15 is 4.39 Å². The number of amides is 2. The minimum atomic E-state index is -1.15. The smallest absolute Gasteiger partial charge is 0.410 e. The number of hydrogen-bond acceptors (Lipinski definition) is 9. The van der Waals surface area contributed by atoms with Gasteiger partial charge in [0, 0.05) is 59.2 Å². The number of alkyl halides is 2.